The summed E-state index contributed by atoms with van der Waals surface area (Å²) in [7, 11) is 0. The molecule has 146 valence electrons. The lowest BCUT2D eigenvalue weighted by Crippen LogP contribution is -2.45. The van der Waals surface area contributed by atoms with Crippen LogP contribution < -0.4 is 16.6 Å². The summed E-state index contributed by atoms with van der Waals surface area (Å²) in [5.74, 6) is 0.00638. The largest absolute Gasteiger partial charge is 0.354 e. The van der Waals surface area contributed by atoms with Crippen LogP contribution in [0.3, 0.4) is 0 Å². The Bertz CT molecular complexity index is 1100. The zero-order valence-corrected chi connectivity index (χ0v) is 16.4. The van der Waals surface area contributed by atoms with E-state index in [0.29, 0.717) is 23.0 Å². The smallest absolute Gasteiger partial charge is 0.332 e. The molecule has 3 aromatic rings. The van der Waals surface area contributed by atoms with E-state index >= 15 is 0 Å². The van der Waals surface area contributed by atoms with E-state index in [9.17, 15) is 14.4 Å². The summed E-state index contributed by atoms with van der Waals surface area (Å²) in [5.41, 5.74) is 0.321. The average molecular weight is 379 g/mol. The fourth-order valence-corrected chi connectivity index (χ4v) is 3.31. The molecule has 6 nitrogen and oxygen atoms in total. The Morgan fingerprint density at radius 1 is 1.00 bits per heavy atom. The first-order valence-corrected chi connectivity index (χ1v) is 9.52. The van der Waals surface area contributed by atoms with E-state index < -0.39 is 11.7 Å². The number of nitrogens with one attached hydrogen (secondary N) is 1. The summed E-state index contributed by atoms with van der Waals surface area (Å²) in [6.45, 7) is 6.51. The van der Waals surface area contributed by atoms with Gasteiger partial charge in [0.2, 0.25) is 5.91 Å². The molecular formula is C22H25N3O3. The Labute approximate surface area is 163 Å². The van der Waals surface area contributed by atoms with Crippen molar-refractivity contribution in [1.82, 2.24) is 14.5 Å². The minimum atomic E-state index is -0.865. The molecule has 0 aliphatic carbocycles. The summed E-state index contributed by atoms with van der Waals surface area (Å²) in [4.78, 5) is 39.1. The van der Waals surface area contributed by atoms with Gasteiger partial charge in [-0.3, -0.25) is 18.7 Å². The van der Waals surface area contributed by atoms with Crippen LogP contribution in [0.25, 0.3) is 10.9 Å². The Morgan fingerprint density at radius 2 is 1.64 bits per heavy atom. The Morgan fingerprint density at radius 3 is 2.29 bits per heavy atom. The summed E-state index contributed by atoms with van der Waals surface area (Å²) in [6, 6.07) is 15.2. The summed E-state index contributed by atoms with van der Waals surface area (Å²) in [5, 5.41) is 3.36. The van der Waals surface area contributed by atoms with E-state index in [0.717, 1.165) is 0 Å². The minimum Gasteiger partial charge on any atom is -0.354 e. The molecule has 0 saturated heterocycles. The average Bonchev–Trinajstić information content (AvgIpc) is 2.70. The van der Waals surface area contributed by atoms with Crippen molar-refractivity contribution in [3.8, 4) is 0 Å². The van der Waals surface area contributed by atoms with Crippen LogP contribution >= 0.6 is 0 Å². The van der Waals surface area contributed by atoms with Crippen LogP contribution in [0.15, 0.2) is 64.2 Å². The molecule has 3 rings (SSSR count). The standard InChI is InChI=1S/C22H25N3O3/c1-4-24-21(27)17-12-8-9-13-18(17)25(22(24)28)19(16-10-6-5-7-11-16)20(26)23-14-15(2)3/h5-13,15,19H,4,14H2,1-3H3,(H,23,26). The molecule has 2 aromatic carbocycles. The molecule has 1 atom stereocenters. The Kier molecular flexibility index (Phi) is 5.78. The number of para-hydroxylation sites is 1. The first kappa shape index (κ1) is 19.6. The van der Waals surface area contributed by atoms with Crippen molar-refractivity contribution in [3.63, 3.8) is 0 Å². The highest BCUT2D eigenvalue weighted by molar-refractivity contribution is 5.87. The van der Waals surface area contributed by atoms with Crippen molar-refractivity contribution in [2.24, 2.45) is 5.92 Å². The quantitative estimate of drug-likeness (QED) is 0.715. The van der Waals surface area contributed by atoms with E-state index in [1.165, 1.54) is 9.13 Å². The molecule has 1 N–H and O–H groups in total. The van der Waals surface area contributed by atoms with Gasteiger partial charge in [0.25, 0.3) is 5.56 Å². The molecular weight excluding hydrogens is 354 g/mol. The molecule has 1 heterocycles. The first-order valence-electron chi connectivity index (χ1n) is 9.52. The second kappa shape index (κ2) is 8.25. The lowest BCUT2D eigenvalue weighted by atomic mass is 10.0. The van der Waals surface area contributed by atoms with Crippen molar-refractivity contribution < 1.29 is 4.79 Å². The minimum absolute atomic E-state index is 0.234. The Balaban J connectivity index is 2.32. The van der Waals surface area contributed by atoms with Gasteiger partial charge in [0.15, 0.2) is 0 Å². The predicted octanol–water partition coefficient (Wildman–Crippen LogP) is 2.54. The maximum absolute atomic E-state index is 13.2. The summed E-state index contributed by atoms with van der Waals surface area (Å²) in [6.07, 6.45) is 0. The van der Waals surface area contributed by atoms with Gasteiger partial charge in [-0.05, 0) is 30.5 Å². The molecule has 1 amide bonds. The summed E-state index contributed by atoms with van der Waals surface area (Å²) < 4.78 is 2.61. The number of hydrogen-bond acceptors (Lipinski definition) is 3. The highest BCUT2D eigenvalue weighted by Crippen LogP contribution is 2.21. The monoisotopic (exact) mass is 379 g/mol. The second-order valence-electron chi connectivity index (χ2n) is 7.17. The number of fused-ring (bicyclic) bond motifs is 1. The number of nitrogens with zero attached hydrogens (tertiary/aromatic N) is 2. The molecule has 0 bridgehead atoms. The predicted molar refractivity (Wildman–Crippen MR) is 111 cm³/mol. The number of hydrogen-bond donors (Lipinski definition) is 1. The lowest BCUT2D eigenvalue weighted by Gasteiger charge is -2.23. The van der Waals surface area contributed by atoms with Crippen LogP contribution in [-0.2, 0) is 11.3 Å². The molecule has 0 spiro atoms. The maximum atomic E-state index is 13.2. The number of carbonyl (C=O) groups is 1. The van der Waals surface area contributed by atoms with Gasteiger partial charge in [-0.1, -0.05) is 56.3 Å². The fourth-order valence-electron chi connectivity index (χ4n) is 3.31. The lowest BCUT2D eigenvalue weighted by molar-refractivity contribution is -0.123. The van der Waals surface area contributed by atoms with E-state index in [-0.39, 0.29) is 23.9 Å². The van der Waals surface area contributed by atoms with E-state index in [1.807, 2.05) is 44.2 Å². The third kappa shape index (κ3) is 3.63. The molecule has 1 aromatic heterocycles. The van der Waals surface area contributed by atoms with Crippen molar-refractivity contribution in [1.29, 1.82) is 0 Å². The molecule has 0 saturated carbocycles. The van der Waals surface area contributed by atoms with Gasteiger partial charge in [-0.25, -0.2) is 4.79 Å². The van der Waals surface area contributed by atoms with Gasteiger partial charge in [0, 0.05) is 13.1 Å². The topological polar surface area (TPSA) is 73.1 Å². The van der Waals surface area contributed by atoms with Crippen LogP contribution in [-0.4, -0.2) is 21.6 Å². The fraction of sp³-hybridized carbons (Fsp3) is 0.318. The molecule has 0 fully saturated rings. The highest BCUT2D eigenvalue weighted by Gasteiger charge is 2.27. The molecule has 0 aliphatic rings. The number of aromatic nitrogens is 2. The van der Waals surface area contributed by atoms with Crippen molar-refractivity contribution in [2.45, 2.75) is 33.4 Å². The van der Waals surface area contributed by atoms with E-state index in [2.05, 4.69) is 5.32 Å². The van der Waals surface area contributed by atoms with Gasteiger partial charge < -0.3 is 5.32 Å². The third-order valence-corrected chi connectivity index (χ3v) is 4.70. The number of benzene rings is 2. The number of amides is 1. The first-order chi connectivity index (χ1) is 13.5. The molecule has 0 aliphatic heterocycles. The molecule has 0 radical (unpaired) electrons. The summed E-state index contributed by atoms with van der Waals surface area (Å²) >= 11 is 0. The van der Waals surface area contributed by atoms with Crippen LogP contribution in [0.4, 0.5) is 0 Å². The number of carbonyl (C=O) groups excluding carboxylic acids is 1. The van der Waals surface area contributed by atoms with Gasteiger partial charge in [0.05, 0.1) is 10.9 Å². The van der Waals surface area contributed by atoms with Crippen LogP contribution in [0.5, 0.6) is 0 Å². The third-order valence-electron chi connectivity index (χ3n) is 4.70. The van der Waals surface area contributed by atoms with Crippen LogP contribution in [0, 0.1) is 5.92 Å². The molecule has 1 unspecified atom stereocenters. The zero-order chi connectivity index (χ0) is 20.3. The van der Waals surface area contributed by atoms with Gasteiger partial charge in [0.1, 0.15) is 6.04 Å². The van der Waals surface area contributed by atoms with Crippen molar-refractivity contribution in [3.05, 3.63) is 81.0 Å². The van der Waals surface area contributed by atoms with Gasteiger partial charge in [-0.2, -0.15) is 0 Å². The Hall–Kier alpha value is -3.15. The molecule has 6 heteroatoms. The highest BCUT2D eigenvalue weighted by atomic mass is 16.2. The SMILES string of the molecule is CCn1c(=O)c2ccccc2n(C(C(=O)NCC(C)C)c2ccccc2)c1=O. The van der Waals surface area contributed by atoms with E-state index in [1.54, 1.807) is 31.2 Å². The van der Waals surface area contributed by atoms with Crippen molar-refractivity contribution >= 4 is 16.8 Å². The van der Waals surface area contributed by atoms with Crippen LogP contribution in [0.1, 0.15) is 32.4 Å². The van der Waals surface area contributed by atoms with Gasteiger partial charge >= 0.3 is 5.69 Å². The molecule has 28 heavy (non-hydrogen) atoms. The zero-order valence-electron chi connectivity index (χ0n) is 16.4. The van der Waals surface area contributed by atoms with Crippen LogP contribution in [0.2, 0.25) is 0 Å². The number of rotatable bonds is 6. The normalized spacial score (nSPS) is 12.3. The van der Waals surface area contributed by atoms with E-state index in [4.69, 9.17) is 0 Å². The van der Waals surface area contributed by atoms with Gasteiger partial charge in [-0.15, -0.1) is 0 Å². The maximum Gasteiger partial charge on any atom is 0.332 e. The second-order valence-corrected chi connectivity index (χ2v) is 7.17. The van der Waals surface area contributed by atoms with Crippen molar-refractivity contribution in [2.75, 3.05) is 6.54 Å².